The Hall–Kier alpha value is -1.59. The van der Waals surface area contributed by atoms with Gasteiger partial charge in [-0.1, -0.05) is 24.3 Å². The summed E-state index contributed by atoms with van der Waals surface area (Å²) in [6.45, 7) is 9.04. The molecule has 0 radical (unpaired) electrons. The van der Waals surface area contributed by atoms with E-state index < -0.39 is 5.60 Å². The second-order valence-electron chi connectivity index (χ2n) is 9.56. The van der Waals surface area contributed by atoms with E-state index in [9.17, 15) is 4.79 Å². The van der Waals surface area contributed by atoms with Gasteiger partial charge in [0, 0.05) is 37.8 Å². The molecule has 5 nitrogen and oxygen atoms in total. The number of amides is 1. The number of ether oxygens (including phenoxy) is 1. The van der Waals surface area contributed by atoms with Crippen molar-refractivity contribution in [1.29, 1.82) is 0 Å². The molecule has 2 saturated carbocycles. The van der Waals surface area contributed by atoms with Gasteiger partial charge in [-0.2, -0.15) is 0 Å². The number of rotatable bonds is 4. The summed E-state index contributed by atoms with van der Waals surface area (Å²) >= 11 is 0. The van der Waals surface area contributed by atoms with E-state index in [-0.39, 0.29) is 11.6 Å². The molecule has 148 valence electrons. The highest BCUT2D eigenvalue weighted by molar-refractivity contribution is 5.68. The van der Waals surface area contributed by atoms with Gasteiger partial charge < -0.3 is 15.4 Å². The standard InChI is InChI=1S/C22H33N3O2/c1-21(2,3)27-20(26)25-14-12-24(13-15-25)19(16-4-5-16)17-6-8-18(9-7-17)22(23)10-11-22/h6-9,16,19H,4-5,10-15,23H2,1-3H3. The molecule has 2 aliphatic carbocycles. The van der Waals surface area contributed by atoms with E-state index in [0.29, 0.717) is 6.04 Å². The van der Waals surface area contributed by atoms with Crippen LogP contribution in [0.25, 0.3) is 0 Å². The fourth-order valence-electron chi connectivity index (χ4n) is 4.14. The molecule has 2 N–H and O–H groups in total. The van der Waals surface area contributed by atoms with Crippen LogP contribution >= 0.6 is 0 Å². The fourth-order valence-corrected chi connectivity index (χ4v) is 4.14. The van der Waals surface area contributed by atoms with E-state index in [2.05, 4.69) is 29.2 Å². The fraction of sp³-hybridized carbons (Fsp3) is 0.682. The lowest BCUT2D eigenvalue weighted by Crippen LogP contribution is -2.51. The van der Waals surface area contributed by atoms with Crippen molar-refractivity contribution in [2.75, 3.05) is 26.2 Å². The quantitative estimate of drug-likeness (QED) is 0.878. The Balaban J connectivity index is 1.40. The van der Waals surface area contributed by atoms with Gasteiger partial charge in [0.25, 0.3) is 0 Å². The summed E-state index contributed by atoms with van der Waals surface area (Å²) in [4.78, 5) is 16.7. The van der Waals surface area contributed by atoms with Gasteiger partial charge in [-0.05, 0) is 63.5 Å². The van der Waals surface area contributed by atoms with Crippen LogP contribution in [0.3, 0.4) is 0 Å². The Morgan fingerprint density at radius 2 is 1.70 bits per heavy atom. The average Bonchev–Trinajstić information content (AvgIpc) is 3.53. The maximum Gasteiger partial charge on any atom is 0.410 e. The predicted molar refractivity (Wildman–Crippen MR) is 106 cm³/mol. The molecule has 1 amide bonds. The normalized spacial score (nSPS) is 23.8. The first-order valence-electron chi connectivity index (χ1n) is 10.4. The SMILES string of the molecule is CC(C)(C)OC(=O)N1CCN(C(c2ccc(C3(N)CC3)cc2)C2CC2)CC1. The highest BCUT2D eigenvalue weighted by Crippen LogP contribution is 2.46. The molecule has 3 fully saturated rings. The van der Waals surface area contributed by atoms with E-state index in [4.69, 9.17) is 10.5 Å². The number of carbonyl (C=O) groups excluding carboxylic acids is 1. The highest BCUT2D eigenvalue weighted by atomic mass is 16.6. The summed E-state index contributed by atoms with van der Waals surface area (Å²) in [5.74, 6) is 0.747. The Labute approximate surface area is 162 Å². The van der Waals surface area contributed by atoms with E-state index in [1.165, 1.54) is 24.0 Å². The molecule has 1 saturated heterocycles. The summed E-state index contributed by atoms with van der Waals surface area (Å²) in [5, 5.41) is 0. The second-order valence-corrected chi connectivity index (χ2v) is 9.56. The zero-order valence-corrected chi connectivity index (χ0v) is 16.9. The van der Waals surface area contributed by atoms with Crippen LogP contribution in [-0.4, -0.2) is 47.7 Å². The number of carbonyl (C=O) groups is 1. The van der Waals surface area contributed by atoms with Gasteiger partial charge in [-0.3, -0.25) is 4.90 Å². The van der Waals surface area contributed by atoms with Crippen LogP contribution in [0, 0.1) is 5.92 Å². The van der Waals surface area contributed by atoms with E-state index in [0.717, 1.165) is 44.9 Å². The second kappa shape index (κ2) is 6.78. The van der Waals surface area contributed by atoms with Gasteiger partial charge in [0.05, 0.1) is 0 Å². The van der Waals surface area contributed by atoms with E-state index in [1.807, 2.05) is 25.7 Å². The van der Waals surface area contributed by atoms with Crippen molar-refractivity contribution in [1.82, 2.24) is 9.80 Å². The molecule has 1 heterocycles. The summed E-state index contributed by atoms with van der Waals surface area (Å²) in [7, 11) is 0. The highest BCUT2D eigenvalue weighted by Gasteiger charge is 2.41. The number of piperazine rings is 1. The number of hydrogen-bond acceptors (Lipinski definition) is 4. The number of benzene rings is 1. The van der Waals surface area contributed by atoms with Gasteiger partial charge >= 0.3 is 6.09 Å². The molecular formula is C22H33N3O2. The lowest BCUT2D eigenvalue weighted by Gasteiger charge is -2.40. The lowest BCUT2D eigenvalue weighted by atomic mass is 9.96. The van der Waals surface area contributed by atoms with E-state index >= 15 is 0 Å². The van der Waals surface area contributed by atoms with Crippen LogP contribution in [0.15, 0.2) is 24.3 Å². The number of hydrogen-bond donors (Lipinski definition) is 1. The van der Waals surface area contributed by atoms with Crippen LogP contribution in [0.4, 0.5) is 4.79 Å². The van der Waals surface area contributed by atoms with Crippen molar-refractivity contribution in [2.24, 2.45) is 11.7 Å². The Morgan fingerprint density at radius 3 is 2.19 bits per heavy atom. The minimum Gasteiger partial charge on any atom is -0.444 e. The van der Waals surface area contributed by atoms with E-state index in [1.54, 1.807) is 0 Å². The maximum atomic E-state index is 12.3. The molecule has 27 heavy (non-hydrogen) atoms. The first kappa shape index (κ1) is 18.8. The molecule has 0 spiro atoms. The van der Waals surface area contributed by atoms with Crippen molar-refractivity contribution >= 4 is 6.09 Å². The molecule has 1 aliphatic heterocycles. The topological polar surface area (TPSA) is 58.8 Å². The van der Waals surface area contributed by atoms with Gasteiger partial charge in [0.1, 0.15) is 5.60 Å². The summed E-state index contributed by atoms with van der Waals surface area (Å²) in [6, 6.07) is 9.49. The third-order valence-electron chi connectivity index (χ3n) is 6.04. The summed E-state index contributed by atoms with van der Waals surface area (Å²) < 4.78 is 5.52. The smallest absolute Gasteiger partial charge is 0.410 e. The van der Waals surface area contributed by atoms with Crippen LogP contribution < -0.4 is 5.73 Å². The molecule has 5 heteroatoms. The summed E-state index contributed by atoms with van der Waals surface area (Å²) in [6.07, 6.45) is 4.63. The first-order valence-corrected chi connectivity index (χ1v) is 10.4. The van der Waals surface area contributed by atoms with Crippen LogP contribution in [-0.2, 0) is 10.3 Å². The van der Waals surface area contributed by atoms with Crippen molar-refractivity contribution < 1.29 is 9.53 Å². The van der Waals surface area contributed by atoms with Gasteiger partial charge in [0.2, 0.25) is 0 Å². The van der Waals surface area contributed by atoms with Crippen LogP contribution in [0.1, 0.15) is 63.6 Å². The largest absolute Gasteiger partial charge is 0.444 e. The minimum atomic E-state index is -0.436. The van der Waals surface area contributed by atoms with Crippen molar-refractivity contribution in [3.63, 3.8) is 0 Å². The third kappa shape index (κ3) is 4.30. The molecule has 1 aromatic carbocycles. The van der Waals surface area contributed by atoms with Crippen LogP contribution in [0.2, 0.25) is 0 Å². The molecule has 3 aliphatic rings. The minimum absolute atomic E-state index is 0.0628. The monoisotopic (exact) mass is 371 g/mol. The molecule has 4 rings (SSSR count). The molecule has 0 bridgehead atoms. The molecular weight excluding hydrogens is 338 g/mol. The van der Waals surface area contributed by atoms with Crippen molar-refractivity contribution in [3.8, 4) is 0 Å². The first-order chi connectivity index (χ1) is 12.8. The maximum absolute atomic E-state index is 12.3. The van der Waals surface area contributed by atoms with Crippen LogP contribution in [0.5, 0.6) is 0 Å². The molecule has 1 unspecified atom stereocenters. The zero-order chi connectivity index (χ0) is 19.2. The lowest BCUT2D eigenvalue weighted by molar-refractivity contribution is 0.00897. The zero-order valence-electron chi connectivity index (χ0n) is 16.9. The Kier molecular flexibility index (Phi) is 4.71. The summed E-state index contributed by atoms with van der Waals surface area (Å²) in [5.41, 5.74) is 8.51. The van der Waals surface area contributed by atoms with Gasteiger partial charge in [-0.15, -0.1) is 0 Å². The number of nitrogens with zero attached hydrogens (tertiary/aromatic N) is 2. The van der Waals surface area contributed by atoms with Crippen molar-refractivity contribution in [3.05, 3.63) is 35.4 Å². The molecule has 1 aromatic rings. The van der Waals surface area contributed by atoms with Gasteiger partial charge in [0.15, 0.2) is 0 Å². The Morgan fingerprint density at radius 1 is 1.11 bits per heavy atom. The number of nitrogens with two attached hydrogens (primary N) is 1. The van der Waals surface area contributed by atoms with Gasteiger partial charge in [-0.25, -0.2) is 4.79 Å². The third-order valence-corrected chi connectivity index (χ3v) is 6.04. The Bertz CT molecular complexity index is 679. The average molecular weight is 372 g/mol. The van der Waals surface area contributed by atoms with Crippen molar-refractivity contribution in [2.45, 2.75) is 63.6 Å². The molecule has 0 aromatic heterocycles. The molecule has 1 atom stereocenters. The predicted octanol–water partition coefficient (Wildman–Crippen LogP) is 3.64.